The highest BCUT2D eigenvalue weighted by molar-refractivity contribution is 5.32. The van der Waals surface area contributed by atoms with Crippen molar-refractivity contribution in [3.8, 4) is 0 Å². The van der Waals surface area contributed by atoms with E-state index in [1.54, 1.807) is 16.7 Å². The van der Waals surface area contributed by atoms with Gasteiger partial charge in [0.25, 0.3) is 0 Å². The molecule has 1 unspecified atom stereocenters. The van der Waals surface area contributed by atoms with E-state index < -0.39 is 0 Å². The maximum atomic E-state index is 2.41. The molecule has 0 fully saturated rings. The van der Waals surface area contributed by atoms with Crippen molar-refractivity contribution in [3.63, 3.8) is 0 Å². The van der Waals surface area contributed by atoms with Crippen LogP contribution in [0.1, 0.15) is 67.2 Å². The van der Waals surface area contributed by atoms with Gasteiger partial charge in [0.05, 0.1) is 0 Å². The monoisotopic (exact) mass is 208 g/mol. The van der Waals surface area contributed by atoms with Crippen LogP contribution in [-0.2, 0) is 0 Å². The van der Waals surface area contributed by atoms with Gasteiger partial charge in [0.2, 0.25) is 0 Å². The van der Waals surface area contributed by atoms with Crippen molar-refractivity contribution in [1.82, 2.24) is 0 Å². The average molecular weight is 208 g/mol. The zero-order valence-electron chi connectivity index (χ0n) is 11.5. The maximum absolute atomic E-state index is 2.41. The highest BCUT2D eigenvalue weighted by Gasteiger charge is 2.25. The summed E-state index contributed by atoms with van der Waals surface area (Å²) >= 11 is 0. The van der Waals surface area contributed by atoms with Crippen LogP contribution in [0.15, 0.2) is 22.8 Å². The van der Waals surface area contributed by atoms with Gasteiger partial charge in [-0.1, -0.05) is 57.4 Å². The average Bonchev–Trinajstić information content (AvgIpc) is 2.43. The van der Waals surface area contributed by atoms with E-state index in [1.807, 2.05) is 27.7 Å². The molecule has 0 aromatic heterocycles. The molecule has 0 aromatic carbocycles. The lowest BCUT2D eigenvalue weighted by atomic mass is 9.76. The Bertz CT molecular complexity index is 230. The topological polar surface area (TPSA) is 0 Å². The zero-order valence-corrected chi connectivity index (χ0v) is 11.5. The third-order valence-electron chi connectivity index (χ3n) is 3.09. The first-order valence-corrected chi connectivity index (χ1v) is 6.64. The Morgan fingerprint density at radius 2 is 1.67 bits per heavy atom. The van der Waals surface area contributed by atoms with Gasteiger partial charge in [-0.3, -0.25) is 0 Å². The first-order chi connectivity index (χ1) is 7.27. The molecule has 2 aliphatic rings. The summed E-state index contributed by atoms with van der Waals surface area (Å²) in [5, 5.41) is 0. The number of allylic oxidation sites excluding steroid dienone is 4. The first kappa shape index (κ1) is 14.5. The Morgan fingerprint density at radius 1 is 1.07 bits per heavy atom. The molecule has 15 heavy (non-hydrogen) atoms. The Balaban J connectivity index is 0.000000442. The summed E-state index contributed by atoms with van der Waals surface area (Å²) in [5.41, 5.74) is 5.11. The molecule has 0 aliphatic heterocycles. The number of rotatable bonds is 0. The summed E-state index contributed by atoms with van der Waals surface area (Å²) in [6.07, 6.45) is 7.71. The van der Waals surface area contributed by atoms with Crippen LogP contribution in [-0.4, -0.2) is 0 Å². The quantitative estimate of drug-likeness (QED) is 0.461. The molecular formula is C15H28. The highest BCUT2D eigenvalue weighted by atomic mass is 14.3. The third kappa shape index (κ3) is 3.85. The van der Waals surface area contributed by atoms with E-state index in [2.05, 4.69) is 19.9 Å². The summed E-state index contributed by atoms with van der Waals surface area (Å²) in [5.74, 6) is 0.896. The molecule has 1 atom stereocenters. The lowest BCUT2D eigenvalue weighted by molar-refractivity contribution is 0.550. The minimum absolute atomic E-state index is 0.896. The van der Waals surface area contributed by atoms with Crippen LogP contribution >= 0.6 is 0 Å². The van der Waals surface area contributed by atoms with Crippen molar-refractivity contribution in [2.24, 2.45) is 5.92 Å². The number of hydrogen-bond acceptors (Lipinski definition) is 0. The molecule has 0 amide bonds. The van der Waals surface area contributed by atoms with Crippen LogP contribution in [0.4, 0.5) is 0 Å². The minimum Gasteiger partial charge on any atom is -0.0815 e. The largest absolute Gasteiger partial charge is 0.0815 e. The SMILES string of the molecule is CC.CC.CC1=CCC2=C(CC1)CC2C. The minimum atomic E-state index is 0.896. The lowest BCUT2D eigenvalue weighted by Crippen LogP contribution is -2.14. The summed E-state index contributed by atoms with van der Waals surface area (Å²) in [7, 11) is 0. The van der Waals surface area contributed by atoms with Gasteiger partial charge in [0.15, 0.2) is 0 Å². The molecule has 0 heteroatoms. The summed E-state index contributed by atoms with van der Waals surface area (Å²) in [4.78, 5) is 0. The van der Waals surface area contributed by atoms with Gasteiger partial charge in [-0.25, -0.2) is 0 Å². The van der Waals surface area contributed by atoms with Gasteiger partial charge in [-0.2, -0.15) is 0 Å². The van der Waals surface area contributed by atoms with Crippen LogP contribution in [0.5, 0.6) is 0 Å². The maximum Gasteiger partial charge on any atom is -0.0131 e. The van der Waals surface area contributed by atoms with E-state index in [1.165, 1.54) is 25.7 Å². The van der Waals surface area contributed by atoms with Crippen LogP contribution in [0.2, 0.25) is 0 Å². The van der Waals surface area contributed by atoms with E-state index in [4.69, 9.17) is 0 Å². The lowest BCUT2D eigenvalue weighted by Gasteiger charge is -2.29. The van der Waals surface area contributed by atoms with Gasteiger partial charge in [0.1, 0.15) is 0 Å². The fourth-order valence-corrected chi connectivity index (χ4v) is 2.18. The molecule has 0 N–H and O–H groups in total. The van der Waals surface area contributed by atoms with Crippen molar-refractivity contribution in [3.05, 3.63) is 22.8 Å². The molecule has 0 radical (unpaired) electrons. The van der Waals surface area contributed by atoms with Gasteiger partial charge in [-0.15, -0.1) is 0 Å². The summed E-state index contributed by atoms with van der Waals surface area (Å²) < 4.78 is 0. The molecule has 2 aliphatic carbocycles. The smallest absolute Gasteiger partial charge is 0.0131 e. The Morgan fingerprint density at radius 3 is 2.20 bits per heavy atom. The third-order valence-corrected chi connectivity index (χ3v) is 3.09. The predicted octanol–water partition coefficient (Wildman–Crippen LogP) is 5.51. The summed E-state index contributed by atoms with van der Waals surface area (Å²) in [6.45, 7) is 12.6. The molecule has 0 nitrogen and oxygen atoms in total. The number of hydrogen-bond donors (Lipinski definition) is 0. The Kier molecular flexibility index (Phi) is 7.46. The second-order valence-corrected chi connectivity index (χ2v) is 3.99. The van der Waals surface area contributed by atoms with Crippen molar-refractivity contribution < 1.29 is 0 Å². The molecule has 0 spiro atoms. The predicted molar refractivity (Wildman–Crippen MR) is 71.1 cm³/mol. The Labute approximate surface area is 96.5 Å². The van der Waals surface area contributed by atoms with Gasteiger partial charge in [0, 0.05) is 0 Å². The van der Waals surface area contributed by atoms with Crippen molar-refractivity contribution in [1.29, 1.82) is 0 Å². The van der Waals surface area contributed by atoms with E-state index in [-0.39, 0.29) is 0 Å². The van der Waals surface area contributed by atoms with Crippen LogP contribution in [0.3, 0.4) is 0 Å². The van der Waals surface area contributed by atoms with Crippen molar-refractivity contribution in [2.75, 3.05) is 0 Å². The van der Waals surface area contributed by atoms with Crippen LogP contribution in [0.25, 0.3) is 0 Å². The van der Waals surface area contributed by atoms with E-state index >= 15 is 0 Å². The van der Waals surface area contributed by atoms with Crippen LogP contribution in [0, 0.1) is 5.92 Å². The van der Waals surface area contributed by atoms with Gasteiger partial charge >= 0.3 is 0 Å². The van der Waals surface area contributed by atoms with Crippen molar-refractivity contribution >= 4 is 0 Å². The zero-order chi connectivity index (χ0) is 11.8. The standard InChI is InChI=1S/C11H16.2C2H6/c1-8-3-5-10-7-9(2)11(10)6-4-8;2*1-2/h4,9H,3,5-7H2,1-2H3;2*1-2H3. The van der Waals surface area contributed by atoms with E-state index in [9.17, 15) is 0 Å². The first-order valence-electron chi connectivity index (χ1n) is 6.64. The van der Waals surface area contributed by atoms with Crippen molar-refractivity contribution in [2.45, 2.75) is 67.2 Å². The highest BCUT2D eigenvalue weighted by Crippen LogP contribution is 2.41. The Hall–Kier alpha value is -0.520. The molecule has 0 saturated heterocycles. The normalized spacial score (nSPS) is 23.1. The molecule has 2 rings (SSSR count). The molecule has 0 saturated carbocycles. The molecular weight excluding hydrogens is 180 g/mol. The van der Waals surface area contributed by atoms with Gasteiger partial charge < -0.3 is 0 Å². The van der Waals surface area contributed by atoms with Gasteiger partial charge in [-0.05, 0) is 38.5 Å². The summed E-state index contributed by atoms with van der Waals surface area (Å²) in [6, 6.07) is 0. The van der Waals surface area contributed by atoms with Crippen LogP contribution < -0.4 is 0 Å². The van der Waals surface area contributed by atoms with E-state index in [0.29, 0.717) is 0 Å². The fourth-order valence-electron chi connectivity index (χ4n) is 2.18. The molecule has 0 aromatic rings. The second-order valence-electron chi connectivity index (χ2n) is 3.99. The fraction of sp³-hybridized carbons (Fsp3) is 0.733. The van der Waals surface area contributed by atoms with E-state index in [0.717, 1.165) is 5.92 Å². The molecule has 88 valence electrons. The molecule has 0 heterocycles. The second kappa shape index (κ2) is 7.73. The molecule has 0 bridgehead atoms.